The molecule has 2 unspecified atom stereocenters. The first-order valence-electron chi connectivity index (χ1n) is 7.94. The molecule has 1 saturated carbocycles. The van der Waals surface area contributed by atoms with Gasteiger partial charge in [0.25, 0.3) is 0 Å². The monoisotopic (exact) mass is 268 g/mol. The third kappa shape index (κ3) is 4.17. The van der Waals surface area contributed by atoms with Crippen LogP contribution in [0, 0.1) is 11.3 Å². The average molecular weight is 268 g/mol. The van der Waals surface area contributed by atoms with Gasteiger partial charge in [0, 0.05) is 12.6 Å². The molecule has 1 N–H and O–H groups in total. The second kappa shape index (κ2) is 6.11. The first-order chi connectivity index (χ1) is 8.87. The standard InChI is InChI=1S/C16H32N2O/c1-16(2)8-5-15(19)13(11-16)12-18(4)14-6-9-17(3)10-7-14/h13-15,19H,5-12H2,1-4H3. The van der Waals surface area contributed by atoms with E-state index in [0.717, 1.165) is 13.0 Å². The minimum Gasteiger partial charge on any atom is -0.393 e. The highest BCUT2D eigenvalue weighted by Gasteiger charge is 2.35. The van der Waals surface area contributed by atoms with Gasteiger partial charge in [-0.15, -0.1) is 0 Å². The number of hydrogen-bond donors (Lipinski definition) is 1. The van der Waals surface area contributed by atoms with E-state index in [-0.39, 0.29) is 6.10 Å². The van der Waals surface area contributed by atoms with Crippen molar-refractivity contribution in [2.24, 2.45) is 11.3 Å². The second-order valence-corrected chi connectivity index (χ2v) is 7.71. The number of piperidine rings is 1. The predicted octanol–water partition coefficient (Wildman–Crippen LogP) is 2.20. The van der Waals surface area contributed by atoms with E-state index in [0.29, 0.717) is 17.4 Å². The van der Waals surface area contributed by atoms with Gasteiger partial charge in [0.15, 0.2) is 0 Å². The third-order valence-electron chi connectivity index (χ3n) is 5.31. The number of hydrogen-bond acceptors (Lipinski definition) is 3. The fourth-order valence-corrected chi connectivity index (χ4v) is 3.86. The van der Waals surface area contributed by atoms with Crippen LogP contribution in [0.5, 0.6) is 0 Å². The van der Waals surface area contributed by atoms with E-state index in [9.17, 15) is 5.11 Å². The zero-order valence-corrected chi connectivity index (χ0v) is 13.2. The van der Waals surface area contributed by atoms with Gasteiger partial charge in [0.05, 0.1) is 6.10 Å². The zero-order valence-electron chi connectivity index (χ0n) is 13.2. The summed E-state index contributed by atoms with van der Waals surface area (Å²) >= 11 is 0. The van der Waals surface area contributed by atoms with Gasteiger partial charge in [-0.1, -0.05) is 13.8 Å². The number of aliphatic hydroxyl groups excluding tert-OH is 1. The Bertz CT molecular complexity index is 284. The number of aliphatic hydroxyl groups is 1. The summed E-state index contributed by atoms with van der Waals surface area (Å²) < 4.78 is 0. The molecular weight excluding hydrogens is 236 g/mol. The molecule has 3 nitrogen and oxygen atoms in total. The van der Waals surface area contributed by atoms with Crippen molar-refractivity contribution in [1.29, 1.82) is 0 Å². The van der Waals surface area contributed by atoms with Crippen molar-refractivity contribution >= 4 is 0 Å². The average Bonchev–Trinajstić information content (AvgIpc) is 2.34. The highest BCUT2D eigenvalue weighted by atomic mass is 16.3. The largest absolute Gasteiger partial charge is 0.393 e. The van der Waals surface area contributed by atoms with Crippen molar-refractivity contribution in [2.75, 3.05) is 33.7 Å². The lowest BCUT2D eigenvalue weighted by atomic mass is 9.70. The maximum absolute atomic E-state index is 10.3. The lowest BCUT2D eigenvalue weighted by Crippen LogP contribution is -2.46. The molecule has 0 bridgehead atoms. The van der Waals surface area contributed by atoms with Gasteiger partial charge in [-0.25, -0.2) is 0 Å². The summed E-state index contributed by atoms with van der Waals surface area (Å²) in [4.78, 5) is 4.94. The van der Waals surface area contributed by atoms with E-state index < -0.39 is 0 Å². The maximum Gasteiger partial charge on any atom is 0.0581 e. The van der Waals surface area contributed by atoms with Gasteiger partial charge in [-0.05, 0) is 70.6 Å². The highest BCUT2D eigenvalue weighted by Crippen LogP contribution is 2.39. The van der Waals surface area contributed by atoms with Crippen molar-refractivity contribution in [3.05, 3.63) is 0 Å². The SMILES string of the molecule is CN1CCC(N(C)CC2CC(C)(C)CCC2O)CC1. The Morgan fingerprint density at radius 3 is 2.47 bits per heavy atom. The lowest BCUT2D eigenvalue weighted by molar-refractivity contribution is -0.00217. The summed E-state index contributed by atoms with van der Waals surface area (Å²) in [5, 5.41) is 10.3. The Kier molecular flexibility index (Phi) is 4.91. The van der Waals surface area contributed by atoms with Crippen molar-refractivity contribution in [3.8, 4) is 0 Å². The molecule has 0 amide bonds. The summed E-state index contributed by atoms with van der Waals surface area (Å²) in [6.45, 7) is 8.20. The van der Waals surface area contributed by atoms with Crippen molar-refractivity contribution in [3.63, 3.8) is 0 Å². The van der Waals surface area contributed by atoms with Gasteiger partial charge in [-0.2, -0.15) is 0 Å². The normalized spacial score (nSPS) is 33.8. The van der Waals surface area contributed by atoms with Crippen LogP contribution >= 0.6 is 0 Å². The molecule has 1 aliphatic heterocycles. The van der Waals surface area contributed by atoms with Crippen LogP contribution in [0.3, 0.4) is 0 Å². The number of rotatable bonds is 3. The van der Waals surface area contributed by atoms with Crippen molar-refractivity contribution in [1.82, 2.24) is 9.80 Å². The Balaban J connectivity index is 1.85. The minimum absolute atomic E-state index is 0.0817. The first kappa shape index (κ1) is 15.3. The van der Waals surface area contributed by atoms with Gasteiger partial charge < -0.3 is 14.9 Å². The van der Waals surface area contributed by atoms with Crippen LogP contribution in [-0.4, -0.2) is 60.8 Å². The topological polar surface area (TPSA) is 26.7 Å². The molecule has 1 heterocycles. The molecule has 2 fully saturated rings. The fourth-order valence-electron chi connectivity index (χ4n) is 3.86. The third-order valence-corrected chi connectivity index (χ3v) is 5.31. The maximum atomic E-state index is 10.3. The second-order valence-electron chi connectivity index (χ2n) is 7.71. The van der Waals surface area contributed by atoms with E-state index in [1.807, 2.05) is 0 Å². The molecule has 19 heavy (non-hydrogen) atoms. The fraction of sp³-hybridized carbons (Fsp3) is 1.00. The van der Waals surface area contributed by atoms with Crippen molar-refractivity contribution in [2.45, 2.75) is 58.1 Å². The van der Waals surface area contributed by atoms with Crippen LogP contribution in [-0.2, 0) is 0 Å². The van der Waals surface area contributed by atoms with Crippen LogP contribution in [0.15, 0.2) is 0 Å². The first-order valence-corrected chi connectivity index (χ1v) is 7.94. The molecular formula is C16H32N2O. The Morgan fingerprint density at radius 1 is 1.21 bits per heavy atom. The summed E-state index contributed by atoms with van der Waals surface area (Å²) in [6.07, 6.45) is 5.80. The van der Waals surface area contributed by atoms with E-state index in [4.69, 9.17) is 0 Å². The smallest absolute Gasteiger partial charge is 0.0581 e. The molecule has 3 heteroatoms. The van der Waals surface area contributed by atoms with E-state index >= 15 is 0 Å². The zero-order chi connectivity index (χ0) is 14.0. The molecule has 1 aliphatic carbocycles. The summed E-state index contributed by atoms with van der Waals surface area (Å²) in [7, 11) is 4.47. The number of likely N-dealkylation sites (tertiary alicyclic amines) is 1. The van der Waals surface area contributed by atoms with E-state index in [1.54, 1.807) is 0 Å². The van der Waals surface area contributed by atoms with E-state index in [1.165, 1.54) is 38.8 Å². The van der Waals surface area contributed by atoms with Crippen molar-refractivity contribution < 1.29 is 5.11 Å². The predicted molar refractivity (Wildman–Crippen MR) is 80.3 cm³/mol. The summed E-state index contributed by atoms with van der Waals surface area (Å²) in [6, 6.07) is 0.716. The Labute approximate surface area is 119 Å². The molecule has 0 aromatic heterocycles. The van der Waals surface area contributed by atoms with E-state index in [2.05, 4.69) is 37.7 Å². The van der Waals surface area contributed by atoms with Crippen LogP contribution in [0.2, 0.25) is 0 Å². The van der Waals surface area contributed by atoms with Crippen LogP contribution in [0.4, 0.5) is 0 Å². The van der Waals surface area contributed by atoms with Crippen LogP contribution in [0.25, 0.3) is 0 Å². The molecule has 0 spiro atoms. The molecule has 2 atom stereocenters. The van der Waals surface area contributed by atoms with Gasteiger partial charge in [-0.3, -0.25) is 0 Å². The van der Waals surface area contributed by atoms with Crippen LogP contribution < -0.4 is 0 Å². The van der Waals surface area contributed by atoms with Gasteiger partial charge in [0.2, 0.25) is 0 Å². The Morgan fingerprint density at radius 2 is 1.84 bits per heavy atom. The molecule has 112 valence electrons. The summed E-state index contributed by atoms with van der Waals surface area (Å²) in [5.41, 5.74) is 0.414. The van der Waals surface area contributed by atoms with Crippen LogP contribution in [0.1, 0.15) is 46.0 Å². The number of nitrogens with zero attached hydrogens (tertiary/aromatic N) is 2. The van der Waals surface area contributed by atoms with Gasteiger partial charge >= 0.3 is 0 Å². The van der Waals surface area contributed by atoms with Gasteiger partial charge in [0.1, 0.15) is 0 Å². The molecule has 1 saturated heterocycles. The molecule has 0 aromatic rings. The Hall–Kier alpha value is -0.120. The molecule has 2 aliphatic rings. The highest BCUT2D eigenvalue weighted by molar-refractivity contribution is 4.87. The summed E-state index contributed by atoms with van der Waals surface area (Å²) in [5.74, 6) is 0.466. The molecule has 0 radical (unpaired) electrons. The lowest BCUT2D eigenvalue weighted by Gasteiger charge is -2.42. The molecule has 0 aromatic carbocycles. The molecule has 2 rings (SSSR count). The quantitative estimate of drug-likeness (QED) is 0.850. The minimum atomic E-state index is -0.0817.